The van der Waals surface area contributed by atoms with Crippen molar-refractivity contribution < 1.29 is 4.79 Å². The summed E-state index contributed by atoms with van der Waals surface area (Å²) in [5.41, 5.74) is 4.80. The zero-order valence-corrected chi connectivity index (χ0v) is 16.2. The van der Waals surface area contributed by atoms with Gasteiger partial charge in [0.25, 0.3) is 0 Å². The van der Waals surface area contributed by atoms with Gasteiger partial charge in [0.2, 0.25) is 5.91 Å². The van der Waals surface area contributed by atoms with Crippen LogP contribution < -0.4 is 5.32 Å². The third-order valence-electron chi connectivity index (χ3n) is 4.31. The summed E-state index contributed by atoms with van der Waals surface area (Å²) < 4.78 is 0. The molecule has 28 heavy (non-hydrogen) atoms. The number of rotatable bonds is 5. The smallest absolute Gasteiger partial charge is 0.230 e. The minimum Gasteiger partial charge on any atom is -0.324 e. The van der Waals surface area contributed by atoms with Crippen molar-refractivity contribution in [2.75, 3.05) is 5.32 Å². The molecule has 0 aliphatic rings. The summed E-state index contributed by atoms with van der Waals surface area (Å²) in [5.74, 6) is -0.105. The number of pyridine rings is 1. The minimum absolute atomic E-state index is 0.105. The molecule has 0 aliphatic heterocycles. The van der Waals surface area contributed by atoms with Gasteiger partial charge in [0, 0.05) is 11.8 Å². The highest BCUT2D eigenvalue weighted by atomic mass is 32.1. The molecule has 1 N–H and O–H groups in total. The molecule has 0 atom stereocenters. The Hall–Kier alpha value is -3.31. The number of carbonyl (C=O) groups is 1. The maximum atomic E-state index is 12.6. The Morgan fingerprint density at radius 1 is 0.964 bits per heavy atom. The van der Waals surface area contributed by atoms with E-state index in [2.05, 4.69) is 41.5 Å². The third-order valence-corrected chi connectivity index (χ3v) is 5.50. The summed E-state index contributed by atoms with van der Waals surface area (Å²) in [6.45, 7) is 2.06. The van der Waals surface area contributed by atoms with Gasteiger partial charge in [-0.2, -0.15) is 0 Å². The number of hydrogen-bond acceptors (Lipinski definition) is 4. The van der Waals surface area contributed by atoms with Crippen molar-refractivity contribution in [3.8, 4) is 21.0 Å². The molecule has 4 aromatic rings. The van der Waals surface area contributed by atoms with E-state index in [1.807, 2.05) is 36.4 Å². The van der Waals surface area contributed by atoms with Crippen LogP contribution in [0.15, 0.2) is 79.1 Å². The number of benzene rings is 2. The fourth-order valence-electron chi connectivity index (χ4n) is 2.90. The first kappa shape index (κ1) is 18.1. The lowest BCUT2D eigenvalue weighted by Gasteiger charge is -2.05. The summed E-state index contributed by atoms with van der Waals surface area (Å²) >= 11 is 1.62. The molecule has 0 fully saturated rings. The summed E-state index contributed by atoms with van der Waals surface area (Å²) in [4.78, 5) is 22.5. The molecule has 2 heterocycles. The molecule has 0 aliphatic carbocycles. The number of hydrogen-bond donors (Lipinski definition) is 1. The number of nitrogens with zero attached hydrogens (tertiary/aromatic N) is 2. The molecule has 5 heteroatoms. The summed E-state index contributed by atoms with van der Waals surface area (Å²) in [6.07, 6.45) is 3.52. The number of anilines is 1. The van der Waals surface area contributed by atoms with Crippen LogP contribution in [0.3, 0.4) is 0 Å². The highest BCUT2D eigenvalue weighted by molar-refractivity contribution is 7.18. The van der Waals surface area contributed by atoms with Crippen LogP contribution in [-0.4, -0.2) is 15.9 Å². The van der Waals surface area contributed by atoms with Crippen molar-refractivity contribution in [3.05, 3.63) is 90.4 Å². The van der Waals surface area contributed by atoms with Crippen LogP contribution in [0, 0.1) is 6.92 Å². The third kappa shape index (κ3) is 4.15. The lowest BCUT2D eigenvalue weighted by atomic mass is 10.1. The minimum atomic E-state index is -0.105. The molecule has 2 aromatic heterocycles. The van der Waals surface area contributed by atoms with Gasteiger partial charge < -0.3 is 5.32 Å². The Morgan fingerprint density at radius 3 is 2.46 bits per heavy atom. The zero-order valence-electron chi connectivity index (χ0n) is 15.4. The highest BCUT2D eigenvalue weighted by Crippen LogP contribution is 2.36. The highest BCUT2D eigenvalue weighted by Gasteiger charge is 2.17. The van der Waals surface area contributed by atoms with Crippen molar-refractivity contribution in [2.24, 2.45) is 0 Å². The van der Waals surface area contributed by atoms with Crippen molar-refractivity contribution in [1.82, 2.24) is 9.97 Å². The molecule has 0 saturated carbocycles. The van der Waals surface area contributed by atoms with Crippen molar-refractivity contribution in [3.63, 3.8) is 0 Å². The molecule has 1 amide bonds. The monoisotopic (exact) mass is 385 g/mol. The average molecular weight is 385 g/mol. The number of aromatic nitrogens is 2. The van der Waals surface area contributed by atoms with E-state index in [4.69, 9.17) is 4.98 Å². The number of thiazole rings is 1. The Labute approximate surface area is 167 Å². The normalized spacial score (nSPS) is 10.6. The van der Waals surface area contributed by atoms with E-state index in [1.165, 1.54) is 5.56 Å². The van der Waals surface area contributed by atoms with E-state index in [-0.39, 0.29) is 12.3 Å². The molecule has 2 aromatic carbocycles. The number of carbonyl (C=O) groups excluding carboxylic acids is 1. The topological polar surface area (TPSA) is 54.9 Å². The van der Waals surface area contributed by atoms with Gasteiger partial charge in [-0.1, -0.05) is 60.2 Å². The fourth-order valence-corrected chi connectivity index (χ4v) is 3.99. The molecule has 0 unspecified atom stereocenters. The van der Waals surface area contributed by atoms with Crippen LogP contribution in [0.25, 0.3) is 21.0 Å². The van der Waals surface area contributed by atoms with E-state index < -0.39 is 0 Å². The van der Waals surface area contributed by atoms with E-state index in [0.717, 1.165) is 26.7 Å². The number of nitrogens with one attached hydrogen (secondary N) is 1. The standard InChI is InChI=1S/C23H19N3OS/c1-16-9-11-17(12-10-16)22-20(14-21(27)25-19-8-5-13-24-15-19)26-23(28-22)18-6-3-2-4-7-18/h2-13,15H,14H2,1H3,(H,25,27). The molecule has 4 rings (SSSR count). The molecule has 0 saturated heterocycles. The van der Waals surface area contributed by atoms with Gasteiger partial charge in [0.05, 0.1) is 28.9 Å². The van der Waals surface area contributed by atoms with Crippen LogP contribution in [0.2, 0.25) is 0 Å². The predicted octanol–water partition coefficient (Wildman–Crippen LogP) is 5.36. The molecular formula is C23H19N3OS. The molecule has 4 nitrogen and oxygen atoms in total. The quantitative estimate of drug-likeness (QED) is 0.503. The Balaban J connectivity index is 1.67. The summed E-state index contributed by atoms with van der Waals surface area (Å²) in [6, 6.07) is 22.0. The largest absolute Gasteiger partial charge is 0.324 e. The molecular weight excluding hydrogens is 366 g/mol. The van der Waals surface area contributed by atoms with Crippen LogP contribution >= 0.6 is 11.3 Å². The van der Waals surface area contributed by atoms with Crippen molar-refractivity contribution >= 4 is 22.9 Å². The van der Waals surface area contributed by atoms with Gasteiger partial charge in [-0.15, -0.1) is 11.3 Å². The average Bonchev–Trinajstić information content (AvgIpc) is 3.13. The van der Waals surface area contributed by atoms with Gasteiger partial charge in [0.1, 0.15) is 5.01 Å². The van der Waals surface area contributed by atoms with E-state index in [9.17, 15) is 4.79 Å². The lowest BCUT2D eigenvalue weighted by molar-refractivity contribution is -0.115. The second-order valence-electron chi connectivity index (χ2n) is 6.49. The lowest BCUT2D eigenvalue weighted by Crippen LogP contribution is -2.15. The van der Waals surface area contributed by atoms with Crippen molar-refractivity contribution in [1.29, 1.82) is 0 Å². The van der Waals surface area contributed by atoms with Gasteiger partial charge in [-0.05, 0) is 24.6 Å². The summed E-state index contributed by atoms with van der Waals surface area (Å²) in [5, 5.41) is 3.81. The van der Waals surface area contributed by atoms with Gasteiger partial charge >= 0.3 is 0 Å². The van der Waals surface area contributed by atoms with Crippen molar-refractivity contribution in [2.45, 2.75) is 13.3 Å². The first-order valence-electron chi connectivity index (χ1n) is 9.01. The van der Waals surface area contributed by atoms with Crippen LogP contribution in [0.4, 0.5) is 5.69 Å². The van der Waals surface area contributed by atoms with Crippen LogP contribution in [-0.2, 0) is 11.2 Å². The Morgan fingerprint density at radius 2 is 1.75 bits per heavy atom. The molecule has 138 valence electrons. The maximum absolute atomic E-state index is 12.6. The van der Waals surface area contributed by atoms with Gasteiger partial charge in [-0.25, -0.2) is 4.98 Å². The van der Waals surface area contributed by atoms with E-state index in [0.29, 0.717) is 5.69 Å². The van der Waals surface area contributed by atoms with E-state index >= 15 is 0 Å². The first-order chi connectivity index (χ1) is 13.7. The number of aryl methyl sites for hydroxylation is 1. The summed E-state index contributed by atoms with van der Waals surface area (Å²) in [7, 11) is 0. The Kier molecular flexibility index (Phi) is 5.26. The fraction of sp³-hybridized carbons (Fsp3) is 0.0870. The van der Waals surface area contributed by atoms with Crippen LogP contribution in [0.5, 0.6) is 0 Å². The predicted molar refractivity (Wildman–Crippen MR) is 114 cm³/mol. The molecule has 0 radical (unpaired) electrons. The Bertz CT molecular complexity index is 1070. The SMILES string of the molecule is Cc1ccc(-c2sc(-c3ccccc3)nc2CC(=O)Nc2cccnc2)cc1. The molecule has 0 bridgehead atoms. The van der Waals surface area contributed by atoms with Gasteiger partial charge in [-0.3, -0.25) is 9.78 Å². The molecule has 0 spiro atoms. The number of amides is 1. The van der Waals surface area contributed by atoms with Crippen LogP contribution in [0.1, 0.15) is 11.3 Å². The van der Waals surface area contributed by atoms with E-state index in [1.54, 1.807) is 29.8 Å². The second kappa shape index (κ2) is 8.15. The first-order valence-corrected chi connectivity index (χ1v) is 9.83. The zero-order chi connectivity index (χ0) is 19.3. The second-order valence-corrected chi connectivity index (χ2v) is 7.49. The van der Waals surface area contributed by atoms with Gasteiger partial charge in [0.15, 0.2) is 0 Å². The maximum Gasteiger partial charge on any atom is 0.230 e.